The highest BCUT2D eigenvalue weighted by atomic mass is 16.6. The lowest BCUT2D eigenvalue weighted by atomic mass is 10.0. The normalized spacial score (nSPS) is 12.7. The van der Waals surface area contributed by atoms with E-state index in [2.05, 4.69) is 118 Å². The third kappa shape index (κ3) is 63.2. The minimum atomic E-state index is -0.793. The summed E-state index contributed by atoms with van der Waals surface area (Å²) in [5.41, 5.74) is 0. The molecule has 0 aliphatic heterocycles. The fourth-order valence-electron chi connectivity index (χ4n) is 9.43. The highest BCUT2D eigenvalue weighted by Crippen LogP contribution is 2.17. The van der Waals surface area contributed by atoms with Gasteiger partial charge in [0.2, 0.25) is 0 Å². The van der Waals surface area contributed by atoms with Gasteiger partial charge in [0.05, 0.1) is 0 Å². The van der Waals surface area contributed by atoms with Gasteiger partial charge in [0.1, 0.15) is 13.2 Å². The van der Waals surface area contributed by atoms with Crippen LogP contribution in [0.25, 0.3) is 0 Å². The number of hydrogen-bond acceptors (Lipinski definition) is 6. The van der Waals surface area contributed by atoms with Crippen LogP contribution in [0.1, 0.15) is 323 Å². The second-order valence-corrected chi connectivity index (χ2v) is 22.0. The summed E-state index contributed by atoms with van der Waals surface area (Å²) in [5, 5.41) is 0. The molecule has 0 spiro atoms. The maximum absolute atomic E-state index is 12.9. The molecule has 78 heavy (non-hydrogen) atoms. The Morgan fingerprint density at radius 3 is 0.782 bits per heavy atom. The van der Waals surface area contributed by atoms with Crippen LogP contribution in [0.3, 0.4) is 0 Å². The van der Waals surface area contributed by atoms with E-state index in [1.165, 1.54) is 148 Å². The van der Waals surface area contributed by atoms with Gasteiger partial charge in [-0.15, -0.1) is 0 Å². The van der Waals surface area contributed by atoms with E-state index in [0.29, 0.717) is 19.3 Å². The first-order chi connectivity index (χ1) is 38.5. The van der Waals surface area contributed by atoms with Gasteiger partial charge in [-0.2, -0.15) is 0 Å². The van der Waals surface area contributed by atoms with Crippen LogP contribution in [-0.4, -0.2) is 37.2 Å². The van der Waals surface area contributed by atoms with Crippen LogP contribution in [0.15, 0.2) is 97.2 Å². The summed E-state index contributed by atoms with van der Waals surface area (Å²) in [7, 11) is 0. The van der Waals surface area contributed by atoms with Gasteiger partial charge in [0.15, 0.2) is 6.10 Å². The molecule has 0 radical (unpaired) electrons. The largest absolute Gasteiger partial charge is 0.462 e. The topological polar surface area (TPSA) is 78.9 Å². The van der Waals surface area contributed by atoms with Gasteiger partial charge < -0.3 is 14.2 Å². The number of allylic oxidation sites excluding steroid dienone is 16. The van der Waals surface area contributed by atoms with Gasteiger partial charge in [-0.1, -0.05) is 304 Å². The third-order valence-corrected chi connectivity index (χ3v) is 14.3. The molecule has 0 N–H and O–H groups in total. The number of unbranched alkanes of at least 4 members (excludes halogenated alkanes) is 33. The number of rotatable bonds is 60. The van der Waals surface area contributed by atoms with E-state index in [1.54, 1.807) is 0 Å². The summed E-state index contributed by atoms with van der Waals surface area (Å²) in [6, 6.07) is 0. The maximum atomic E-state index is 12.9. The van der Waals surface area contributed by atoms with Crippen molar-refractivity contribution in [2.24, 2.45) is 0 Å². The predicted molar refractivity (Wildman–Crippen MR) is 339 cm³/mol. The van der Waals surface area contributed by atoms with E-state index in [-0.39, 0.29) is 31.1 Å². The number of ether oxygens (including phenoxy) is 3. The molecule has 0 aromatic carbocycles. The van der Waals surface area contributed by atoms with Gasteiger partial charge in [0, 0.05) is 19.3 Å². The smallest absolute Gasteiger partial charge is 0.306 e. The molecular weight excluding hydrogens is 961 g/mol. The molecule has 0 rings (SSSR count). The number of carbonyl (C=O) groups is 3. The van der Waals surface area contributed by atoms with E-state index in [0.717, 1.165) is 135 Å². The van der Waals surface area contributed by atoms with Crippen molar-refractivity contribution in [3.05, 3.63) is 97.2 Å². The van der Waals surface area contributed by atoms with E-state index >= 15 is 0 Å². The van der Waals surface area contributed by atoms with Gasteiger partial charge in [-0.25, -0.2) is 0 Å². The average molecular weight is 1090 g/mol. The first-order valence-electron chi connectivity index (χ1n) is 33.2. The molecule has 0 aliphatic rings. The molecule has 0 fully saturated rings. The highest BCUT2D eigenvalue weighted by molar-refractivity contribution is 5.71. The van der Waals surface area contributed by atoms with Gasteiger partial charge in [-0.3, -0.25) is 14.4 Å². The highest BCUT2D eigenvalue weighted by Gasteiger charge is 2.19. The molecule has 0 saturated heterocycles. The van der Waals surface area contributed by atoms with Crippen LogP contribution in [0, 0.1) is 0 Å². The summed E-state index contributed by atoms with van der Waals surface area (Å²) in [5.74, 6) is -0.900. The Balaban J connectivity index is 4.40. The van der Waals surface area contributed by atoms with E-state index in [9.17, 15) is 14.4 Å². The lowest BCUT2D eigenvalue weighted by molar-refractivity contribution is -0.167. The molecule has 6 nitrogen and oxygen atoms in total. The van der Waals surface area contributed by atoms with Crippen molar-refractivity contribution < 1.29 is 28.6 Å². The van der Waals surface area contributed by atoms with Crippen LogP contribution in [0.4, 0.5) is 0 Å². The molecule has 0 heterocycles. The molecule has 448 valence electrons. The Labute approximate surface area is 483 Å². The first-order valence-corrected chi connectivity index (χ1v) is 33.2. The Kier molecular flexibility index (Phi) is 62.7. The second-order valence-electron chi connectivity index (χ2n) is 22.0. The van der Waals surface area contributed by atoms with Crippen LogP contribution in [0.2, 0.25) is 0 Å². The van der Waals surface area contributed by atoms with Gasteiger partial charge in [0.25, 0.3) is 0 Å². The van der Waals surface area contributed by atoms with Crippen molar-refractivity contribution in [1.29, 1.82) is 0 Å². The van der Waals surface area contributed by atoms with Crippen molar-refractivity contribution in [1.82, 2.24) is 0 Å². The number of hydrogen-bond donors (Lipinski definition) is 0. The third-order valence-electron chi connectivity index (χ3n) is 14.3. The van der Waals surface area contributed by atoms with Crippen molar-refractivity contribution in [2.75, 3.05) is 13.2 Å². The van der Waals surface area contributed by atoms with Crippen molar-refractivity contribution in [3.8, 4) is 0 Å². The van der Waals surface area contributed by atoms with Gasteiger partial charge >= 0.3 is 17.9 Å². The Bertz CT molecular complexity index is 1530. The fraction of sp³-hybridized carbons (Fsp3) is 0.736. The zero-order valence-corrected chi connectivity index (χ0v) is 51.4. The van der Waals surface area contributed by atoms with Crippen molar-refractivity contribution in [3.63, 3.8) is 0 Å². The molecule has 1 atom stereocenters. The quantitative estimate of drug-likeness (QED) is 0.0261. The van der Waals surface area contributed by atoms with E-state index < -0.39 is 6.10 Å². The zero-order valence-electron chi connectivity index (χ0n) is 51.4. The van der Waals surface area contributed by atoms with Gasteiger partial charge in [-0.05, 0) is 96.3 Å². The van der Waals surface area contributed by atoms with Crippen LogP contribution in [-0.2, 0) is 28.6 Å². The first kappa shape index (κ1) is 74.3. The van der Waals surface area contributed by atoms with Crippen LogP contribution < -0.4 is 0 Å². The van der Waals surface area contributed by atoms with Crippen LogP contribution >= 0.6 is 0 Å². The fourth-order valence-corrected chi connectivity index (χ4v) is 9.43. The molecule has 1 unspecified atom stereocenters. The van der Waals surface area contributed by atoms with Crippen molar-refractivity contribution in [2.45, 2.75) is 329 Å². The molecular formula is C72H124O6. The minimum absolute atomic E-state index is 0.0860. The summed E-state index contributed by atoms with van der Waals surface area (Å²) in [6.45, 7) is 6.43. The average Bonchev–Trinajstić information content (AvgIpc) is 3.44. The minimum Gasteiger partial charge on any atom is -0.462 e. The molecule has 6 heteroatoms. The Morgan fingerprint density at radius 1 is 0.269 bits per heavy atom. The molecule has 0 aromatic rings. The zero-order chi connectivity index (χ0) is 56.4. The molecule has 0 saturated carbocycles. The molecule has 0 aliphatic carbocycles. The summed E-state index contributed by atoms with van der Waals surface area (Å²) < 4.78 is 17.0. The number of carbonyl (C=O) groups excluding carboxylic acids is 3. The number of esters is 3. The lowest BCUT2D eigenvalue weighted by Gasteiger charge is -2.18. The Morgan fingerprint density at radius 2 is 0.500 bits per heavy atom. The lowest BCUT2D eigenvalue weighted by Crippen LogP contribution is -2.30. The standard InChI is InChI=1S/C72H124O6/c1-4-7-10-13-16-19-22-25-28-31-34-35-36-39-41-44-47-50-53-56-59-62-65-71(74)77-68-69(78-72(75)66-63-60-57-54-51-48-45-42-38-33-30-27-24-21-18-15-12-9-6-3)67-76-70(73)64-61-58-55-52-49-46-43-40-37-32-29-26-23-20-17-14-11-8-5-2/h8-9,11-12,17-18,20-21,26-27,29-30,37-38,40,42,69H,4-7,10,13-16,19,22-25,28,31-36,39,41,43-68H2,1-3H3/b11-8-,12-9-,20-17-,21-18-,29-26-,30-27-,40-37-,42-38-. The monoisotopic (exact) mass is 1080 g/mol. The summed E-state index contributed by atoms with van der Waals surface area (Å²) in [6.07, 6.45) is 88.4. The molecule has 0 amide bonds. The second kappa shape index (κ2) is 65.8. The molecule has 0 aromatic heterocycles. The maximum Gasteiger partial charge on any atom is 0.306 e. The summed E-state index contributed by atoms with van der Waals surface area (Å²) >= 11 is 0. The Hall–Kier alpha value is -3.67. The predicted octanol–water partition coefficient (Wildman–Crippen LogP) is 22.8. The van der Waals surface area contributed by atoms with Crippen LogP contribution in [0.5, 0.6) is 0 Å². The van der Waals surface area contributed by atoms with E-state index in [4.69, 9.17) is 14.2 Å². The summed E-state index contributed by atoms with van der Waals surface area (Å²) in [4.78, 5) is 38.4. The molecule has 0 bridgehead atoms. The van der Waals surface area contributed by atoms with E-state index in [1.807, 2.05) is 0 Å². The van der Waals surface area contributed by atoms with Crippen molar-refractivity contribution >= 4 is 17.9 Å². The SMILES string of the molecule is CC/C=C\C/C=C\C/C=C\C/C=C\CCCCCCCCC(=O)OCC(COC(=O)CCCCCCCCCCCCCCCCCCCCCCCC)OC(=O)CCCCCCCC/C=C\C/C=C\C/C=C\C/C=C\CC.